The molecule has 0 aliphatic heterocycles. The highest BCUT2D eigenvalue weighted by Gasteiger charge is 2.08. The normalized spacial score (nSPS) is 12.1. The van der Waals surface area contributed by atoms with Crippen LogP contribution in [0.25, 0.3) is 0 Å². The van der Waals surface area contributed by atoms with E-state index >= 15 is 0 Å². The lowest BCUT2D eigenvalue weighted by Gasteiger charge is -2.19. The molecule has 0 bridgehead atoms. The van der Waals surface area contributed by atoms with Crippen LogP contribution in [0.2, 0.25) is 0 Å². The highest BCUT2D eigenvalue weighted by molar-refractivity contribution is 5.98. The van der Waals surface area contributed by atoms with E-state index in [4.69, 9.17) is 10.9 Å². The first kappa shape index (κ1) is 17.4. The summed E-state index contributed by atoms with van der Waals surface area (Å²) in [4.78, 5) is 2.36. The van der Waals surface area contributed by atoms with Crippen molar-refractivity contribution in [2.24, 2.45) is 10.9 Å². The summed E-state index contributed by atoms with van der Waals surface area (Å²) in [5.74, 6) is -0.479. The molecular weight excluding hydrogens is 271 g/mol. The maximum absolute atomic E-state index is 13.2. The van der Waals surface area contributed by atoms with Gasteiger partial charge >= 0.3 is 0 Å². The fourth-order valence-electron chi connectivity index (χ4n) is 2.20. The van der Waals surface area contributed by atoms with Crippen molar-refractivity contribution in [1.29, 1.82) is 0 Å². The van der Waals surface area contributed by atoms with E-state index < -0.39 is 5.82 Å². The lowest BCUT2D eigenvalue weighted by atomic mass is 10.1. The predicted molar refractivity (Wildman–Crippen MR) is 83.0 cm³/mol. The van der Waals surface area contributed by atoms with Crippen LogP contribution in [-0.4, -0.2) is 42.1 Å². The maximum Gasteiger partial charge on any atom is 0.170 e. The molecule has 0 heterocycles. The molecule has 0 aromatic heterocycles. The van der Waals surface area contributed by atoms with Crippen LogP contribution in [0.3, 0.4) is 0 Å². The summed E-state index contributed by atoms with van der Waals surface area (Å²) in [5.41, 5.74) is 6.81. The standard InChI is InChI=1S/C15H25FN4O/c1-3-8-20(4-2)9-7-18-11-12-5-6-13(16)10-14(12)15(17)19-21/h5-6,10,18,21H,3-4,7-9,11H2,1-2H3,(H2,17,19). The Kier molecular flexibility index (Phi) is 7.71. The average Bonchev–Trinajstić information content (AvgIpc) is 2.50. The van der Waals surface area contributed by atoms with Crippen LogP contribution in [0.4, 0.5) is 4.39 Å². The minimum atomic E-state index is -0.402. The van der Waals surface area contributed by atoms with Crippen molar-refractivity contribution in [2.45, 2.75) is 26.8 Å². The molecular formula is C15H25FN4O. The summed E-state index contributed by atoms with van der Waals surface area (Å²) in [6.45, 7) is 8.77. The molecule has 0 aliphatic rings. The first-order chi connectivity index (χ1) is 10.1. The van der Waals surface area contributed by atoms with Gasteiger partial charge in [0.25, 0.3) is 0 Å². The number of likely N-dealkylation sites (N-methyl/N-ethyl adjacent to an activating group) is 1. The van der Waals surface area contributed by atoms with Crippen LogP contribution >= 0.6 is 0 Å². The van der Waals surface area contributed by atoms with Gasteiger partial charge < -0.3 is 21.2 Å². The Morgan fingerprint density at radius 3 is 2.76 bits per heavy atom. The summed E-state index contributed by atoms with van der Waals surface area (Å²) < 4.78 is 13.2. The number of halogens is 1. The van der Waals surface area contributed by atoms with E-state index in [1.807, 2.05) is 0 Å². The highest BCUT2D eigenvalue weighted by atomic mass is 19.1. The molecule has 0 radical (unpaired) electrons. The van der Waals surface area contributed by atoms with E-state index in [2.05, 4.69) is 29.2 Å². The molecule has 1 rings (SSSR count). The summed E-state index contributed by atoms with van der Waals surface area (Å²) in [6.07, 6.45) is 1.14. The molecule has 6 heteroatoms. The molecule has 0 aliphatic carbocycles. The number of amidine groups is 1. The number of hydrogen-bond donors (Lipinski definition) is 3. The van der Waals surface area contributed by atoms with Crippen LogP contribution in [0.15, 0.2) is 23.4 Å². The topological polar surface area (TPSA) is 73.9 Å². The summed E-state index contributed by atoms with van der Waals surface area (Å²) in [7, 11) is 0. The number of nitrogens with two attached hydrogens (primary N) is 1. The van der Waals surface area contributed by atoms with Crippen molar-refractivity contribution in [1.82, 2.24) is 10.2 Å². The number of hydrogen-bond acceptors (Lipinski definition) is 4. The fourth-order valence-corrected chi connectivity index (χ4v) is 2.20. The smallest absolute Gasteiger partial charge is 0.170 e. The molecule has 0 amide bonds. The zero-order valence-electron chi connectivity index (χ0n) is 12.8. The third-order valence-electron chi connectivity index (χ3n) is 3.36. The third-order valence-corrected chi connectivity index (χ3v) is 3.36. The first-order valence-electron chi connectivity index (χ1n) is 7.31. The van der Waals surface area contributed by atoms with Crippen molar-refractivity contribution in [3.8, 4) is 0 Å². The van der Waals surface area contributed by atoms with Gasteiger partial charge in [0.2, 0.25) is 0 Å². The second-order valence-electron chi connectivity index (χ2n) is 4.90. The Morgan fingerprint density at radius 1 is 1.38 bits per heavy atom. The molecule has 5 nitrogen and oxygen atoms in total. The molecule has 118 valence electrons. The maximum atomic E-state index is 13.2. The Hall–Kier alpha value is -1.66. The van der Waals surface area contributed by atoms with Crippen molar-refractivity contribution in [2.75, 3.05) is 26.2 Å². The van der Waals surface area contributed by atoms with Crippen LogP contribution in [0.1, 0.15) is 31.4 Å². The van der Waals surface area contributed by atoms with Gasteiger partial charge in [0.1, 0.15) is 5.82 Å². The van der Waals surface area contributed by atoms with Crippen molar-refractivity contribution in [3.63, 3.8) is 0 Å². The minimum Gasteiger partial charge on any atom is -0.409 e. The van der Waals surface area contributed by atoms with E-state index in [0.29, 0.717) is 12.1 Å². The molecule has 0 unspecified atom stereocenters. The van der Waals surface area contributed by atoms with Gasteiger partial charge in [-0.3, -0.25) is 0 Å². The monoisotopic (exact) mass is 296 g/mol. The number of nitrogens with one attached hydrogen (secondary N) is 1. The number of oxime groups is 1. The summed E-state index contributed by atoms with van der Waals surface area (Å²) in [6, 6.07) is 4.31. The zero-order valence-corrected chi connectivity index (χ0v) is 12.8. The lowest BCUT2D eigenvalue weighted by Crippen LogP contribution is -2.32. The van der Waals surface area contributed by atoms with Crippen LogP contribution in [-0.2, 0) is 6.54 Å². The summed E-state index contributed by atoms with van der Waals surface area (Å²) in [5, 5.41) is 15.0. The molecule has 0 fully saturated rings. The van der Waals surface area contributed by atoms with E-state index in [1.165, 1.54) is 12.1 Å². The molecule has 4 N–H and O–H groups in total. The highest BCUT2D eigenvalue weighted by Crippen LogP contribution is 2.11. The lowest BCUT2D eigenvalue weighted by molar-refractivity contribution is 0.287. The predicted octanol–water partition coefficient (Wildman–Crippen LogP) is 1.74. The largest absolute Gasteiger partial charge is 0.409 e. The van der Waals surface area contributed by atoms with E-state index in [0.717, 1.165) is 38.2 Å². The molecule has 1 aromatic rings. The first-order valence-corrected chi connectivity index (χ1v) is 7.31. The number of benzene rings is 1. The molecule has 1 aromatic carbocycles. The third kappa shape index (κ3) is 5.69. The SMILES string of the molecule is CCCN(CC)CCNCc1ccc(F)cc1/C(N)=N/O. The second-order valence-corrected chi connectivity index (χ2v) is 4.90. The van der Waals surface area contributed by atoms with Crippen molar-refractivity contribution in [3.05, 3.63) is 35.1 Å². The Labute approximate surface area is 125 Å². The number of rotatable bonds is 9. The van der Waals surface area contributed by atoms with Gasteiger partial charge in [-0.1, -0.05) is 25.1 Å². The molecule has 0 atom stereocenters. The zero-order chi connectivity index (χ0) is 15.7. The van der Waals surface area contributed by atoms with Gasteiger partial charge in [-0.2, -0.15) is 0 Å². The van der Waals surface area contributed by atoms with Crippen LogP contribution in [0.5, 0.6) is 0 Å². The van der Waals surface area contributed by atoms with Crippen LogP contribution in [0, 0.1) is 5.82 Å². The quantitative estimate of drug-likeness (QED) is 0.213. The summed E-state index contributed by atoms with van der Waals surface area (Å²) >= 11 is 0. The van der Waals surface area contributed by atoms with Crippen molar-refractivity contribution < 1.29 is 9.60 Å². The van der Waals surface area contributed by atoms with Gasteiger partial charge in [0.15, 0.2) is 5.84 Å². The van der Waals surface area contributed by atoms with E-state index in [-0.39, 0.29) is 5.84 Å². The molecule has 21 heavy (non-hydrogen) atoms. The van der Waals surface area contributed by atoms with E-state index in [1.54, 1.807) is 6.07 Å². The van der Waals surface area contributed by atoms with Crippen molar-refractivity contribution >= 4 is 5.84 Å². The minimum absolute atomic E-state index is 0.0764. The Bertz CT molecular complexity index is 465. The number of nitrogens with zero attached hydrogens (tertiary/aromatic N) is 2. The fraction of sp³-hybridized carbons (Fsp3) is 0.533. The average molecular weight is 296 g/mol. The van der Waals surface area contributed by atoms with Gasteiger partial charge in [-0.25, -0.2) is 4.39 Å². The molecule has 0 saturated carbocycles. The van der Waals surface area contributed by atoms with Gasteiger partial charge in [-0.05, 0) is 37.2 Å². The molecule has 0 spiro atoms. The second kappa shape index (κ2) is 9.31. The van der Waals surface area contributed by atoms with E-state index in [9.17, 15) is 4.39 Å². The van der Waals surface area contributed by atoms with Gasteiger partial charge in [-0.15, -0.1) is 0 Å². The van der Waals surface area contributed by atoms with Gasteiger partial charge in [0, 0.05) is 25.2 Å². The Balaban J connectivity index is 2.56. The Morgan fingerprint density at radius 2 is 2.14 bits per heavy atom. The van der Waals surface area contributed by atoms with Crippen LogP contribution < -0.4 is 11.1 Å². The van der Waals surface area contributed by atoms with Gasteiger partial charge in [0.05, 0.1) is 0 Å². The molecule has 0 saturated heterocycles.